The minimum Gasteiger partial charge on any atom is -0.294 e. The number of carbonyl (C=O) groups is 2. The van der Waals surface area contributed by atoms with Crippen molar-refractivity contribution >= 4 is 11.6 Å². The summed E-state index contributed by atoms with van der Waals surface area (Å²) in [6.07, 6.45) is 2.67. The van der Waals surface area contributed by atoms with Crippen molar-refractivity contribution in [3.05, 3.63) is 53.1 Å². The van der Waals surface area contributed by atoms with E-state index in [1.54, 1.807) is 20.2 Å². The van der Waals surface area contributed by atoms with Gasteiger partial charge in [-0.1, -0.05) is 12.1 Å². The summed E-state index contributed by atoms with van der Waals surface area (Å²) in [5, 5.41) is 3.87. The SMILES string of the molecule is Cc1ccc(C(=O)CC(=O)c2cnn(C)c2)cc1F. The van der Waals surface area contributed by atoms with Crippen molar-refractivity contribution in [2.24, 2.45) is 7.05 Å². The van der Waals surface area contributed by atoms with Crippen molar-refractivity contribution in [1.82, 2.24) is 9.78 Å². The second-order valence-electron chi connectivity index (χ2n) is 4.39. The molecule has 1 heterocycles. The Kier molecular flexibility index (Phi) is 3.55. The maximum Gasteiger partial charge on any atom is 0.173 e. The maximum atomic E-state index is 13.4. The molecule has 19 heavy (non-hydrogen) atoms. The molecule has 1 aromatic carbocycles. The van der Waals surface area contributed by atoms with Gasteiger partial charge in [0.15, 0.2) is 11.6 Å². The Morgan fingerprint density at radius 1 is 1.26 bits per heavy atom. The normalized spacial score (nSPS) is 10.5. The minimum absolute atomic E-state index is 0.209. The van der Waals surface area contributed by atoms with Gasteiger partial charge in [-0.05, 0) is 18.6 Å². The first-order valence-corrected chi connectivity index (χ1v) is 5.78. The molecular formula is C14H13FN2O2. The molecule has 0 radical (unpaired) electrons. The van der Waals surface area contributed by atoms with Crippen LogP contribution in [0, 0.1) is 12.7 Å². The van der Waals surface area contributed by atoms with Crippen molar-refractivity contribution in [2.75, 3.05) is 0 Å². The van der Waals surface area contributed by atoms with Crippen LogP contribution in [0.3, 0.4) is 0 Å². The molecular weight excluding hydrogens is 247 g/mol. The van der Waals surface area contributed by atoms with Gasteiger partial charge in [-0.2, -0.15) is 5.10 Å². The minimum atomic E-state index is -0.445. The summed E-state index contributed by atoms with van der Waals surface area (Å²) >= 11 is 0. The van der Waals surface area contributed by atoms with Crippen LogP contribution < -0.4 is 0 Å². The Bertz CT molecular complexity index is 647. The first kappa shape index (κ1) is 13.1. The number of aryl methyl sites for hydroxylation is 2. The highest BCUT2D eigenvalue weighted by molar-refractivity contribution is 6.13. The van der Waals surface area contributed by atoms with Gasteiger partial charge in [-0.15, -0.1) is 0 Å². The van der Waals surface area contributed by atoms with Gasteiger partial charge >= 0.3 is 0 Å². The van der Waals surface area contributed by atoms with E-state index < -0.39 is 11.6 Å². The van der Waals surface area contributed by atoms with E-state index in [2.05, 4.69) is 5.10 Å². The third kappa shape index (κ3) is 2.93. The van der Waals surface area contributed by atoms with Crippen molar-refractivity contribution in [2.45, 2.75) is 13.3 Å². The molecule has 4 nitrogen and oxygen atoms in total. The van der Waals surface area contributed by atoms with Crippen molar-refractivity contribution in [3.8, 4) is 0 Å². The first-order chi connectivity index (χ1) is 8.97. The van der Waals surface area contributed by atoms with Crippen LogP contribution in [0.5, 0.6) is 0 Å². The molecule has 5 heteroatoms. The highest BCUT2D eigenvalue weighted by Crippen LogP contribution is 2.12. The molecule has 0 amide bonds. The van der Waals surface area contributed by atoms with E-state index in [1.807, 2.05) is 0 Å². The van der Waals surface area contributed by atoms with Crippen molar-refractivity contribution < 1.29 is 14.0 Å². The third-order valence-electron chi connectivity index (χ3n) is 2.84. The molecule has 0 saturated carbocycles. The molecule has 1 aromatic heterocycles. The molecule has 0 fully saturated rings. The van der Waals surface area contributed by atoms with Crippen LogP contribution in [0.4, 0.5) is 4.39 Å². The lowest BCUT2D eigenvalue weighted by Gasteiger charge is -2.01. The highest BCUT2D eigenvalue weighted by atomic mass is 19.1. The van der Waals surface area contributed by atoms with Crippen molar-refractivity contribution in [3.63, 3.8) is 0 Å². The highest BCUT2D eigenvalue weighted by Gasteiger charge is 2.15. The topological polar surface area (TPSA) is 52.0 Å². The summed E-state index contributed by atoms with van der Waals surface area (Å²) in [5.41, 5.74) is 1.05. The molecule has 0 aliphatic heterocycles. The molecule has 0 unspecified atom stereocenters. The molecule has 0 bridgehead atoms. The summed E-state index contributed by atoms with van der Waals surface area (Å²) in [6.45, 7) is 1.62. The molecule has 98 valence electrons. The lowest BCUT2D eigenvalue weighted by molar-refractivity contribution is 0.0894. The van der Waals surface area contributed by atoms with Crippen molar-refractivity contribution in [1.29, 1.82) is 0 Å². The van der Waals surface area contributed by atoms with Crippen LogP contribution in [-0.2, 0) is 7.05 Å². The Morgan fingerprint density at radius 2 is 1.95 bits per heavy atom. The summed E-state index contributed by atoms with van der Waals surface area (Å²) in [4.78, 5) is 23.7. The van der Waals surface area contributed by atoms with E-state index in [4.69, 9.17) is 0 Å². The number of halogens is 1. The fourth-order valence-corrected chi connectivity index (χ4v) is 1.68. The molecule has 0 atom stereocenters. The van der Waals surface area contributed by atoms with Gasteiger partial charge in [0.05, 0.1) is 18.2 Å². The zero-order valence-corrected chi connectivity index (χ0v) is 10.7. The van der Waals surface area contributed by atoms with Crippen LogP contribution in [0.1, 0.15) is 32.7 Å². The molecule has 2 aromatic rings. The number of hydrogen-bond acceptors (Lipinski definition) is 3. The summed E-state index contributed by atoms with van der Waals surface area (Å²) in [7, 11) is 1.69. The summed E-state index contributed by atoms with van der Waals surface area (Å²) in [5.74, 6) is -1.16. The van der Waals surface area contributed by atoms with Crippen LogP contribution in [0.15, 0.2) is 30.6 Å². The second kappa shape index (κ2) is 5.14. The van der Waals surface area contributed by atoms with E-state index in [0.717, 1.165) is 6.07 Å². The van der Waals surface area contributed by atoms with Gasteiger partial charge < -0.3 is 0 Å². The Morgan fingerprint density at radius 3 is 2.53 bits per heavy atom. The lowest BCUT2D eigenvalue weighted by atomic mass is 10.0. The third-order valence-corrected chi connectivity index (χ3v) is 2.84. The average Bonchev–Trinajstić information content (AvgIpc) is 2.79. The van der Waals surface area contributed by atoms with Gasteiger partial charge in [0.1, 0.15) is 5.82 Å². The lowest BCUT2D eigenvalue weighted by Crippen LogP contribution is -2.08. The Labute approximate surface area is 109 Å². The molecule has 2 rings (SSSR count). The Hall–Kier alpha value is -2.30. The van der Waals surface area contributed by atoms with Crippen LogP contribution in [0.25, 0.3) is 0 Å². The second-order valence-corrected chi connectivity index (χ2v) is 4.39. The number of aromatic nitrogens is 2. The number of carbonyl (C=O) groups excluding carboxylic acids is 2. The monoisotopic (exact) mass is 260 g/mol. The first-order valence-electron chi connectivity index (χ1n) is 5.78. The van der Waals surface area contributed by atoms with E-state index in [1.165, 1.54) is 23.0 Å². The van der Waals surface area contributed by atoms with E-state index >= 15 is 0 Å². The zero-order chi connectivity index (χ0) is 14.0. The molecule has 0 spiro atoms. The van der Waals surface area contributed by atoms with Gasteiger partial charge in [-0.25, -0.2) is 4.39 Å². The smallest absolute Gasteiger partial charge is 0.173 e. The fraction of sp³-hybridized carbons (Fsp3) is 0.214. The van der Waals surface area contributed by atoms with Crippen LogP contribution >= 0.6 is 0 Å². The number of rotatable bonds is 4. The van der Waals surface area contributed by atoms with Crippen LogP contribution in [0.2, 0.25) is 0 Å². The summed E-state index contributed by atoms with van der Waals surface area (Å²) in [6, 6.07) is 4.21. The molecule has 0 aliphatic rings. The maximum absolute atomic E-state index is 13.4. The predicted octanol–water partition coefficient (Wildman–Crippen LogP) is 2.32. The van der Waals surface area contributed by atoms with Gasteiger partial charge in [-0.3, -0.25) is 14.3 Å². The van der Waals surface area contributed by atoms with Crippen LogP contribution in [-0.4, -0.2) is 21.3 Å². The van der Waals surface area contributed by atoms with E-state index in [0.29, 0.717) is 11.1 Å². The quantitative estimate of drug-likeness (QED) is 0.626. The van der Waals surface area contributed by atoms with E-state index in [9.17, 15) is 14.0 Å². The molecule has 0 saturated heterocycles. The van der Waals surface area contributed by atoms with Gasteiger partial charge in [0, 0.05) is 18.8 Å². The molecule has 0 aliphatic carbocycles. The number of ketones is 2. The fourth-order valence-electron chi connectivity index (χ4n) is 1.68. The average molecular weight is 260 g/mol. The number of hydrogen-bond donors (Lipinski definition) is 0. The Balaban J connectivity index is 2.12. The number of Topliss-reactive ketones (excluding diaryl/α,β-unsaturated/α-hetero) is 2. The molecule has 0 N–H and O–H groups in total. The van der Waals surface area contributed by atoms with E-state index in [-0.39, 0.29) is 17.8 Å². The standard InChI is InChI=1S/C14H13FN2O2/c1-9-3-4-10(5-12(9)15)13(18)6-14(19)11-7-16-17(2)8-11/h3-5,7-8H,6H2,1-2H3. The van der Waals surface area contributed by atoms with Gasteiger partial charge in [0.25, 0.3) is 0 Å². The number of nitrogens with zero attached hydrogens (tertiary/aromatic N) is 2. The van der Waals surface area contributed by atoms with Gasteiger partial charge in [0.2, 0.25) is 0 Å². The predicted molar refractivity (Wildman–Crippen MR) is 67.6 cm³/mol. The summed E-state index contributed by atoms with van der Waals surface area (Å²) < 4.78 is 14.8. The zero-order valence-electron chi connectivity index (χ0n) is 10.7. The largest absolute Gasteiger partial charge is 0.294 e. The number of benzene rings is 1.